The van der Waals surface area contributed by atoms with E-state index in [1.54, 1.807) is 6.07 Å². The van der Waals surface area contributed by atoms with E-state index in [-0.39, 0.29) is 11.8 Å². The van der Waals surface area contributed by atoms with Gasteiger partial charge in [0.15, 0.2) is 0 Å². The van der Waals surface area contributed by atoms with Crippen LogP contribution in [-0.4, -0.2) is 49.6 Å². The number of carbonyl (C=O) groups is 2. The molecule has 0 bridgehead atoms. The predicted molar refractivity (Wildman–Crippen MR) is 127 cm³/mol. The van der Waals surface area contributed by atoms with Crippen molar-refractivity contribution in [1.82, 2.24) is 4.90 Å². The molecule has 0 aromatic heterocycles. The number of carbonyl (C=O) groups excluding carboxylic acids is 2. The second-order valence-electron chi connectivity index (χ2n) is 7.86. The third-order valence-electron chi connectivity index (χ3n) is 5.49. The number of benzene rings is 3. The van der Waals surface area contributed by atoms with Gasteiger partial charge in [-0.3, -0.25) is 14.5 Å². The molecule has 0 aliphatic carbocycles. The molecule has 2 amide bonds. The summed E-state index contributed by atoms with van der Waals surface area (Å²) >= 11 is 0. The topological polar surface area (TPSA) is 70.7 Å². The number of amides is 2. The highest BCUT2D eigenvalue weighted by molar-refractivity contribution is 6.05. The molecular weight excluding hydrogens is 402 g/mol. The molecule has 1 aliphatic heterocycles. The van der Waals surface area contributed by atoms with Crippen LogP contribution in [0.2, 0.25) is 0 Å². The molecule has 32 heavy (non-hydrogen) atoms. The number of nitrogens with zero attached hydrogens (tertiary/aromatic N) is 1. The number of rotatable bonds is 6. The summed E-state index contributed by atoms with van der Waals surface area (Å²) < 4.78 is 5.32. The third kappa shape index (κ3) is 5.60. The average molecular weight is 430 g/mol. The number of nitrogens with one attached hydrogen (secondary N) is 2. The normalized spacial score (nSPS) is 14.0. The zero-order chi connectivity index (χ0) is 22.3. The Morgan fingerprint density at radius 1 is 0.875 bits per heavy atom. The van der Waals surface area contributed by atoms with Gasteiger partial charge < -0.3 is 15.4 Å². The van der Waals surface area contributed by atoms with Crippen molar-refractivity contribution < 1.29 is 14.3 Å². The Morgan fingerprint density at radius 3 is 2.28 bits per heavy atom. The Morgan fingerprint density at radius 2 is 1.56 bits per heavy atom. The van der Waals surface area contributed by atoms with Gasteiger partial charge in [-0.15, -0.1) is 0 Å². The fourth-order valence-corrected chi connectivity index (χ4v) is 3.63. The highest BCUT2D eigenvalue weighted by Gasteiger charge is 2.15. The first-order valence-corrected chi connectivity index (χ1v) is 10.8. The molecule has 0 atom stereocenters. The van der Waals surface area contributed by atoms with Gasteiger partial charge in [0.05, 0.1) is 19.8 Å². The summed E-state index contributed by atoms with van der Waals surface area (Å²) in [6.07, 6.45) is 0. The molecule has 0 unspecified atom stereocenters. The zero-order valence-corrected chi connectivity index (χ0v) is 18.1. The monoisotopic (exact) mass is 429 g/mol. The van der Waals surface area contributed by atoms with E-state index in [1.165, 1.54) is 0 Å². The lowest BCUT2D eigenvalue weighted by Gasteiger charge is -2.26. The number of hydrogen-bond donors (Lipinski definition) is 2. The van der Waals surface area contributed by atoms with Crippen LogP contribution in [-0.2, 0) is 9.53 Å². The Hall–Kier alpha value is -3.48. The fraction of sp³-hybridized carbons (Fsp3) is 0.231. The molecule has 164 valence electrons. The van der Waals surface area contributed by atoms with Crippen LogP contribution in [0, 0.1) is 6.92 Å². The van der Waals surface area contributed by atoms with E-state index < -0.39 is 0 Å². The highest BCUT2D eigenvalue weighted by atomic mass is 16.5. The number of morpholine rings is 1. The van der Waals surface area contributed by atoms with Gasteiger partial charge >= 0.3 is 0 Å². The average Bonchev–Trinajstić information content (AvgIpc) is 2.82. The molecule has 1 saturated heterocycles. The van der Waals surface area contributed by atoms with E-state index in [0.717, 1.165) is 29.8 Å². The maximum absolute atomic E-state index is 12.7. The first-order chi connectivity index (χ1) is 15.6. The first-order valence-electron chi connectivity index (χ1n) is 10.8. The smallest absolute Gasteiger partial charge is 0.255 e. The van der Waals surface area contributed by atoms with E-state index in [9.17, 15) is 9.59 Å². The highest BCUT2D eigenvalue weighted by Crippen LogP contribution is 2.22. The molecule has 3 aromatic rings. The van der Waals surface area contributed by atoms with Crippen LogP contribution in [0.3, 0.4) is 0 Å². The van der Waals surface area contributed by atoms with E-state index in [2.05, 4.69) is 15.5 Å². The number of ether oxygens (including phenoxy) is 1. The van der Waals surface area contributed by atoms with Crippen LogP contribution in [0.1, 0.15) is 15.9 Å². The summed E-state index contributed by atoms with van der Waals surface area (Å²) in [5, 5.41) is 5.89. The van der Waals surface area contributed by atoms with Crippen LogP contribution in [0.25, 0.3) is 11.1 Å². The SMILES string of the molecule is Cc1ccc(NC(=O)c2ccc(-c3ccccc3)cc2)cc1NC(=O)CN1CCOCC1. The van der Waals surface area contributed by atoms with Crippen molar-refractivity contribution in [1.29, 1.82) is 0 Å². The minimum absolute atomic E-state index is 0.0741. The Labute approximate surface area is 188 Å². The van der Waals surface area contributed by atoms with Crippen molar-refractivity contribution in [3.63, 3.8) is 0 Å². The largest absolute Gasteiger partial charge is 0.379 e. The fourth-order valence-electron chi connectivity index (χ4n) is 3.63. The molecule has 0 spiro atoms. The minimum atomic E-state index is -0.195. The Balaban J connectivity index is 1.39. The molecule has 3 aromatic carbocycles. The van der Waals surface area contributed by atoms with Crippen molar-refractivity contribution in [3.8, 4) is 11.1 Å². The molecule has 1 heterocycles. The molecule has 4 rings (SSSR count). The van der Waals surface area contributed by atoms with Crippen LogP contribution in [0.15, 0.2) is 72.8 Å². The number of hydrogen-bond acceptors (Lipinski definition) is 4. The lowest BCUT2D eigenvalue weighted by molar-refractivity contribution is -0.118. The predicted octanol–water partition coefficient (Wildman–Crippen LogP) is 4.19. The van der Waals surface area contributed by atoms with Gasteiger partial charge in [-0.1, -0.05) is 48.5 Å². The molecule has 6 heteroatoms. The summed E-state index contributed by atoms with van der Waals surface area (Å²) in [6, 6.07) is 23.1. The van der Waals surface area contributed by atoms with Gasteiger partial charge in [0.1, 0.15) is 0 Å². The number of anilines is 2. The van der Waals surface area contributed by atoms with Gasteiger partial charge in [-0.25, -0.2) is 0 Å². The molecule has 1 aliphatic rings. The number of aryl methyl sites for hydroxylation is 1. The van der Waals surface area contributed by atoms with Crippen LogP contribution < -0.4 is 10.6 Å². The lowest BCUT2D eigenvalue weighted by atomic mass is 10.0. The van der Waals surface area contributed by atoms with Gasteiger partial charge in [-0.05, 0) is 47.9 Å². The van der Waals surface area contributed by atoms with Gasteiger partial charge in [-0.2, -0.15) is 0 Å². The van der Waals surface area contributed by atoms with Gasteiger partial charge in [0, 0.05) is 30.0 Å². The second kappa shape index (κ2) is 10.2. The Bertz CT molecular complexity index is 1080. The summed E-state index contributed by atoms with van der Waals surface area (Å²) in [4.78, 5) is 27.3. The van der Waals surface area contributed by atoms with E-state index in [0.29, 0.717) is 36.7 Å². The quantitative estimate of drug-likeness (QED) is 0.617. The zero-order valence-electron chi connectivity index (χ0n) is 18.1. The summed E-state index contributed by atoms with van der Waals surface area (Å²) in [7, 11) is 0. The second-order valence-corrected chi connectivity index (χ2v) is 7.86. The van der Waals surface area contributed by atoms with E-state index >= 15 is 0 Å². The summed E-state index contributed by atoms with van der Waals surface area (Å²) in [5.41, 5.74) is 5.00. The first kappa shape index (κ1) is 21.7. The van der Waals surface area contributed by atoms with Crippen LogP contribution in [0.5, 0.6) is 0 Å². The lowest BCUT2D eigenvalue weighted by Crippen LogP contribution is -2.41. The molecule has 0 radical (unpaired) electrons. The molecule has 6 nitrogen and oxygen atoms in total. The molecule has 2 N–H and O–H groups in total. The maximum atomic E-state index is 12.7. The third-order valence-corrected chi connectivity index (χ3v) is 5.49. The van der Waals surface area contributed by atoms with E-state index in [4.69, 9.17) is 4.74 Å². The van der Waals surface area contributed by atoms with Gasteiger partial charge in [0.2, 0.25) is 5.91 Å². The maximum Gasteiger partial charge on any atom is 0.255 e. The Kier molecular flexibility index (Phi) is 6.94. The summed E-state index contributed by atoms with van der Waals surface area (Å²) in [6.45, 7) is 5.07. The summed E-state index contributed by atoms with van der Waals surface area (Å²) in [5.74, 6) is -0.269. The van der Waals surface area contributed by atoms with Gasteiger partial charge in [0.25, 0.3) is 5.91 Å². The van der Waals surface area contributed by atoms with Crippen molar-refractivity contribution in [3.05, 3.63) is 83.9 Å². The van der Waals surface area contributed by atoms with Crippen molar-refractivity contribution >= 4 is 23.2 Å². The van der Waals surface area contributed by atoms with Crippen molar-refractivity contribution in [2.45, 2.75) is 6.92 Å². The molecule has 1 fully saturated rings. The minimum Gasteiger partial charge on any atom is -0.379 e. The van der Waals surface area contributed by atoms with Crippen LogP contribution >= 0.6 is 0 Å². The molecule has 0 saturated carbocycles. The standard InChI is InChI=1S/C26H27N3O3/c1-19-7-12-23(17-24(19)28-25(30)18-29-13-15-32-16-14-29)27-26(31)22-10-8-21(9-11-22)20-5-3-2-4-6-20/h2-12,17H,13-16,18H2,1H3,(H,27,31)(H,28,30). The van der Waals surface area contributed by atoms with E-state index in [1.807, 2.05) is 73.7 Å². The van der Waals surface area contributed by atoms with Crippen molar-refractivity contribution in [2.24, 2.45) is 0 Å². The van der Waals surface area contributed by atoms with Crippen LogP contribution in [0.4, 0.5) is 11.4 Å². The molecular formula is C26H27N3O3. The van der Waals surface area contributed by atoms with Crippen molar-refractivity contribution in [2.75, 3.05) is 43.5 Å².